The minimum atomic E-state index is -0.958. The van der Waals surface area contributed by atoms with Gasteiger partial charge in [-0.1, -0.05) is 0 Å². The average Bonchev–Trinajstić information content (AvgIpc) is 2.86. The number of rotatable bonds is 4. The Morgan fingerprint density at radius 1 is 1.65 bits per heavy atom. The highest BCUT2D eigenvalue weighted by Crippen LogP contribution is 2.20. The van der Waals surface area contributed by atoms with E-state index in [-0.39, 0.29) is 11.7 Å². The fraction of sp³-hybridized carbons (Fsp3) is 0.583. The highest BCUT2D eigenvalue weighted by atomic mass is 16.5. The number of likely N-dealkylation sites (N-methyl/N-ethyl adjacent to an activating group) is 1. The Balaban J connectivity index is 1.97. The SMILES string of the molecule is CC1OCCC1N(C)Cc1cc(C(=O)O)co1. The Hall–Kier alpha value is -1.33. The molecule has 1 aliphatic heterocycles. The first-order chi connectivity index (χ1) is 8.08. The van der Waals surface area contributed by atoms with Crippen molar-refractivity contribution in [3.63, 3.8) is 0 Å². The second kappa shape index (κ2) is 4.89. The third-order valence-electron chi connectivity index (χ3n) is 3.21. The fourth-order valence-corrected chi connectivity index (χ4v) is 2.24. The fourth-order valence-electron chi connectivity index (χ4n) is 2.24. The summed E-state index contributed by atoms with van der Waals surface area (Å²) in [6.45, 7) is 3.44. The summed E-state index contributed by atoms with van der Waals surface area (Å²) in [5.41, 5.74) is 0.198. The zero-order valence-corrected chi connectivity index (χ0v) is 10.0. The molecule has 0 radical (unpaired) electrons. The van der Waals surface area contributed by atoms with E-state index in [1.54, 1.807) is 6.07 Å². The molecule has 0 aliphatic carbocycles. The molecule has 0 saturated carbocycles. The number of aromatic carboxylic acids is 1. The topological polar surface area (TPSA) is 62.9 Å². The van der Waals surface area contributed by atoms with Gasteiger partial charge in [0.05, 0.1) is 18.2 Å². The van der Waals surface area contributed by atoms with E-state index in [4.69, 9.17) is 14.3 Å². The lowest BCUT2D eigenvalue weighted by Gasteiger charge is -2.25. The molecule has 0 spiro atoms. The molecule has 0 bridgehead atoms. The number of carboxylic acid groups (broad SMARTS) is 1. The number of carbonyl (C=O) groups is 1. The molecule has 1 aliphatic rings. The van der Waals surface area contributed by atoms with Gasteiger partial charge in [-0.15, -0.1) is 0 Å². The van der Waals surface area contributed by atoms with Crippen LogP contribution in [0.15, 0.2) is 16.7 Å². The Bertz CT molecular complexity index is 401. The van der Waals surface area contributed by atoms with Gasteiger partial charge in [0.15, 0.2) is 0 Å². The first kappa shape index (κ1) is 12.1. The van der Waals surface area contributed by atoms with Gasteiger partial charge in [0.2, 0.25) is 0 Å². The normalized spacial score (nSPS) is 24.4. The maximum atomic E-state index is 10.7. The standard InChI is InChI=1S/C12H17NO4/c1-8-11(3-4-16-8)13(2)6-10-5-9(7-17-10)12(14)15/h5,7-8,11H,3-4,6H2,1-2H3,(H,14,15). The Labute approximate surface area is 100.0 Å². The van der Waals surface area contributed by atoms with Crippen LogP contribution in [-0.4, -0.2) is 41.8 Å². The molecule has 1 saturated heterocycles. The molecule has 0 aromatic carbocycles. The zero-order chi connectivity index (χ0) is 12.4. The molecule has 2 unspecified atom stereocenters. The van der Waals surface area contributed by atoms with Crippen LogP contribution in [0, 0.1) is 0 Å². The summed E-state index contributed by atoms with van der Waals surface area (Å²) in [6.07, 6.45) is 2.50. The minimum absolute atomic E-state index is 0.198. The largest absolute Gasteiger partial charge is 0.478 e. The van der Waals surface area contributed by atoms with Gasteiger partial charge in [0, 0.05) is 12.6 Å². The van der Waals surface area contributed by atoms with Crippen LogP contribution in [-0.2, 0) is 11.3 Å². The molecule has 2 atom stereocenters. The molecule has 1 aromatic heterocycles. The van der Waals surface area contributed by atoms with Crippen molar-refractivity contribution in [3.05, 3.63) is 23.7 Å². The summed E-state index contributed by atoms with van der Waals surface area (Å²) in [5.74, 6) is -0.288. The number of hydrogen-bond acceptors (Lipinski definition) is 4. The van der Waals surface area contributed by atoms with Crippen LogP contribution in [0.2, 0.25) is 0 Å². The van der Waals surface area contributed by atoms with Crippen molar-refractivity contribution >= 4 is 5.97 Å². The van der Waals surface area contributed by atoms with E-state index in [2.05, 4.69) is 11.8 Å². The summed E-state index contributed by atoms with van der Waals surface area (Å²) >= 11 is 0. The monoisotopic (exact) mass is 239 g/mol. The molecule has 2 heterocycles. The van der Waals surface area contributed by atoms with Crippen molar-refractivity contribution in [2.24, 2.45) is 0 Å². The zero-order valence-electron chi connectivity index (χ0n) is 10.0. The number of furan rings is 1. The van der Waals surface area contributed by atoms with Crippen molar-refractivity contribution in [2.45, 2.75) is 32.0 Å². The first-order valence-corrected chi connectivity index (χ1v) is 5.70. The van der Waals surface area contributed by atoms with Gasteiger partial charge < -0.3 is 14.3 Å². The van der Waals surface area contributed by atoms with Crippen LogP contribution < -0.4 is 0 Å². The first-order valence-electron chi connectivity index (χ1n) is 5.70. The molecule has 17 heavy (non-hydrogen) atoms. The van der Waals surface area contributed by atoms with Crippen molar-refractivity contribution < 1.29 is 19.1 Å². The van der Waals surface area contributed by atoms with E-state index in [1.807, 2.05) is 7.05 Å². The average molecular weight is 239 g/mol. The van der Waals surface area contributed by atoms with Gasteiger partial charge in [0.25, 0.3) is 0 Å². The number of nitrogens with zero attached hydrogens (tertiary/aromatic N) is 1. The second-order valence-corrected chi connectivity index (χ2v) is 4.45. The Morgan fingerprint density at radius 3 is 2.94 bits per heavy atom. The van der Waals surface area contributed by atoms with E-state index >= 15 is 0 Å². The molecule has 1 fully saturated rings. The van der Waals surface area contributed by atoms with Crippen molar-refractivity contribution in [3.8, 4) is 0 Å². The van der Waals surface area contributed by atoms with Gasteiger partial charge in [-0.05, 0) is 26.5 Å². The number of hydrogen-bond donors (Lipinski definition) is 1. The highest BCUT2D eigenvalue weighted by molar-refractivity contribution is 5.87. The van der Waals surface area contributed by atoms with Gasteiger partial charge in [-0.25, -0.2) is 4.79 Å². The predicted molar refractivity (Wildman–Crippen MR) is 61.0 cm³/mol. The molecular weight excluding hydrogens is 222 g/mol. The van der Waals surface area contributed by atoms with Crippen LogP contribution in [0.3, 0.4) is 0 Å². The molecule has 0 amide bonds. The maximum absolute atomic E-state index is 10.7. The highest BCUT2D eigenvalue weighted by Gasteiger charge is 2.28. The molecular formula is C12H17NO4. The van der Waals surface area contributed by atoms with Gasteiger partial charge in [-0.3, -0.25) is 4.90 Å². The number of carboxylic acids is 1. The molecule has 1 aromatic rings. The van der Waals surface area contributed by atoms with E-state index in [0.29, 0.717) is 18.3 Å². The summed E-state index contributed by atoms with van der Waals surface area (Å²) in [5, 5.41) is 8.79. The third kappa shape index (κ3) is 2.68. The molecule has 2 rings (SSSR count). The van der Waals surface area contributed by atoms with Crippen LogP contribution in [0.5, 0.6) is 0 Å². The summed E-state index contributed by atoms with van der Waals surface area (Å²) in [6, 6.07) is 1.94. The van der Waals surface area contributed by atoms with E-state index < -0.39 is 5.97 Å². The Kier molecular flexibility index (Phi) is 3.49. The second-order valence-electron chi connectivity index (χ2n) is 4.45. The van der Waals surface area contributed by atoms with Crippen molar-refractivity contribution in [1.29, 1.82) is 0 Å². The predicted octanol–water partition coefficient (Wildman–Crippen LogP) is 1.59. The summed E-state index contributed by atoms with van der Waals surface area (Å²) in [4.78, 5) is 12.9. The van der Waals surface area contributed by atoms with Crippen molar-refractivity contribution in [1.82, 2.24) is 4.90 Å². The van der Waals surface area contributed by atoms with Crippen LogP contribution in [0.4, 0.5) is 0 Å². The lowest BCUT2D eigenvalue weighted by Crippen LogP contribution is -2.36. The smallest absolute Gasteiger partial charge is 0.338 e. The Morgan fingerprint density at radius 2 is 2.41 bits per heavy atom. The van der Waals surface area contributed by atoms with E-state index in [0.717, 1.165) is 13.0 Å². The van der Waals surface area contributed by atoms with Crippen LogP contribution >= 0.6 is 0 Å². The van der Waals surface area contributed by atoms with Gasteiger partial charge in [0.1, 0.15) is 12.0 Å². The summed E-state index contributed by atoms with van der Waals surface area (Å²) in [7, 11) is 2.00. The van der Waals surface area contributed by atoms with Crippen molar-refractivity contribution in [2.75, 3.05) is 13.7 Å². The quantitative estimate of drug-likeness (QED) is 0.864. The molecule has 94 valence electrons. The minimum Gasteiger partial charge on any atom is -0.478 e. The van der Waals surface area contributed by atoms with E-state index in [1.165, 1.54) is 6.26 Å². The third-order valence-corrected chi connectivity index (χ3v) is 3.21. The number of ether oxygens (including phenoxy) is 1. The van der Waals surface area contributed by atoms with Crippen LogP contribution in [0.1, 0.15) is 29.5 Å². The summed E-state index contributed by atoms with van der Waals surface area (Å²) < 4.78 is 10.7. The van der Waals surface area contributed by atoms with Gasteiger partial charge >= 0.3 is 5.97 Å². The lowest BCUT2D eigenvalue weighted by atomic mass is 10.1. The maximum Gasteiger partial charge on any atom is 0.338 e. The van der Waals surface area contributed by atoms with Crippen LogP contribution in [0.25, 0.3) is 0 Å². The molecule has 1 N–H and O–H groups in total. The van der Waals surface area contributed by atoms with Gasteiger partial charge in [-0.2, -0.15) is 0 Å². The lowest BCUT2D eigenvalue weighted by molar-refractivity contribution is 0.0696. The molecule has 5 heteroatoms. The molecule has 5 nitrogen and oxygen atoms in total. The van der Waals surface area contributed by atoms with E-state index in [9.17, 15) is 4.79 Å².